The summed E-state index contributed by atoms with van der Waals surface area (Å²) >= 11 is 5.30. The zero-order valence-electron chi connectivity index (χ0n) is 14.6. The molecule has 1 aromatic rings. The molecule has 0 amide bonds. The molecule has 8 heteroatoms. The smallest absolute Gasteiger partial charge is 0.320 e. The molecule has 0 aliphatic rings. The maximum absolute atomic E-state index is 11.7. The summed E-state index contributed by atoms with van der Waals surface area (Å²) in [5, 5.41) is 20.4. The lowest BCUT2D eigenvalue weighted by Crippen LogP contribution is -2.42. The van der Waals surface area contributed by atoms with Gasteiger partial charge in [-0.3, -0.25) is 31.6 Å². The number of carbonyl (C=O) groups is 1. The predicted molar refractivity (Wildman–Crippen MR) is 97.7 cm³/mol. The Balaban J connectivity index is 2.84. The molecule has 7 nitrogen and oxygen atoms in total. The minimum atomic E-state index is -0.856. The summed E-state index contributed by atoms with van der Waals surface area (Å²) in [6.45, 7) is 5.66. The van der Waals surface area contributed by atoms with Crippen LogP contribution in [0.2, 0.25) is 0 Å². The van der Waals surface area contributed by atoms with Gasteiger partial charge in [0.25, 0.3) is 5.69 Å². The van der Waals surface area contributed by atoms with Crippen molar-refractivity contribution in [3.8, 4) is 0 Å². The van der Waals surface area contributed by atoms with Crippen LogP contribution in [0.5, 0.6) is 0 Å². The zero-order chi connectivity index (χ0) is 18.8. The summed E-state index contributed by atoms with van der Waals surface area (Å²) in [5.41, 5.74) is 0.882. The number of unbranched alkanes of at least 4 members (excludes halogenated alkanes) is 1. The van der Waals surface area contributed by atoms with Crippen molar-refractivity contribution in [3.05, 3.63) is 44.8 Å². The second-order valence-electron chi connectivity index (χ2n) is 6.44. The average molecular weight is 371 g/mol. The van der Waals surface area contributed by atoms with E-state index in [4.69, 9.17) is 11.8 Å². The van der Waals surface area contributed by atoms with E-state index in [1.807, 2.05) is 18.7 Å². The van der Waals surface area contributed by atoms with Crippen molar-refractivity contribution in [2.45, 2.75) is 45.7 Å². The van der Waals surface area contributed by atoms with Crippen molar-refractivity contribution in [3.63, 3.8) is 0 Å². The lowest BCUT2D eigenvalue weighted by atomic mass is 10.0. The van der Waals surface area contributed by atoms with Crippen LogP contribution in [0.25, 0.3) is 4.84 Å². The van der Waals surface area contributed by atoms with Crippen LogP contribution in [0.15, 0.2) is 24.3 Å². The molecule has 0 unspecified atom stereocenters. The Morgan fingerprint density at radius 2 is 1.96 bits per heavy atom. The number of carboxylic acids is 1. The van der Waals surface area contributed by atoms with E-state index < -0.39 is 16.9 Å². The number of nitro benzene ring substituents is 1. The molecule has 0 radical (unpaired) electrons. The number of hydrogen-bond acceptors (Lipinski definition) is 4. The van der Waals surface area contributed by atoms with Gasteiger partial charge in [-0.05, 0) is 17.9 Å². The maximum atomic E-state index is 11.7. The molecule has 1 aromatic carbocycles. The van der Waals surface area contributed by atoms with Crippen LogP contribution in [0.4, 0.5) is 5.69 Å². The van der Waals surface area contributed by atoms with Gasteiger partial charge in [-0.15, -0.1) is 6.54 Å². The molecule has 0 saturated carbocycles. The van der Waals surface area contributed by atoms with Gasteiger partial charge < -0.3 is 9.94 Å². The van der Waals surface area contributed by atoms with Crippen LogP contribution in [-0.4, -0.2) is 40.0 Å². The van der Waals surface area contributed by atoms with Crippen molar-refractivity contribution < 1.29 is 14.8 Å². The third-order valence-corrected chi connectivity index (χ3v) is 4.00. The van der Waals surface area contributed by atoms with E-state index in [9.17, 15) is 20.0 Å². The van der Waals surface area contributed by atoms with E-state index in [1.54, 1.807) is 12.1 Å². The topological polar surface area (TPSA) is 97.8 Å². The van der Waals surface area contributed by atoms with Crippen LogP contribution in [-0.2, 0) is 11.3 Å². The van der Waals surface area contributed by atoms with Crippen molar-refractivity contribution in [1.29, 1.82) is 0 Å². The summed E-state index contributed by atoms with van der Waals surface area (Å²) < 4.78 is 0. The summed E-state index contributed by atoms with van der Waals surface area (Å²) in [6, 6.07) is 5.64. The van der Waals surface area contributed by atoms with Crippen molar-refractivity contribution in [2.24, 2.45) is 5.92 Å². The monoisotopic (exact) mass is 370 g/mol. The fourth-order valence-corrected chi connectivity index (χ4v) is 2.82. The molecule has 1 N–H and O–H groups in total. The largest absolute Gasteiger partial charge is 0.575 e. The van der Waals surface area contributed by atoms with Crippen LogP contribution in [0.3, 0.4) is 0 Å². The summed E-state index contributed by atoms with van der Waals surface area (Å²) in [5.74, 6) is -0.553. The standard InChI is InChI=1S/C17H25ClN3O4/c1-13(2)11-20(16(17(22)23)5-3-4-10-19-18)12-14-6-8-15(9-7-14)21(24)25/h6-9,13,16H,3-5,10-12H2,1-2H3,(H,22,23)/q-1/t16-/m1/s1. The van der Waals surface area contributed by atoms with E-state index in [2.05, 4.69) is 4.84 Å². The fraction of sp³-hybridized carbons (Fsp3) is 0.588. The first-order valence-corrected chi connectivity index (χ1v) is 8.67. The molecule has 0 fully saturated rings. The number of halogens is 1. The van der Waals surface area contributed by atoms with Gasteiger partial charge in [0.2, 0.25) is 0 Å². The normalized spacial score (nSPS) is 12.5. The average Bonchev–Trinajstić information content (AvgIpc) is 2.54. The molecule has 0 aliphatic heterocycles. The van der Waals surface area contributed by atoms with Crippen LogP contribution < -0.4 is 0 Å². The summed E-state index contributed by atoms with van der Waals surface area (Å²) in [6.07, 6.45) is 1.99. The molecule has 0 spiro atoms. The highest BCUT2D eigenvalue weighted by Crippen LogP contribution is 2.19. The van der Waals surface area contributed by atoms with Crippen LogP contribution in [0, 0.1) is 16.0 Å². The first kappa shape index (κ1) is 21.3. The highest BCUT2D eigenvalue weighted by molar-refractivity contribution is 6.24. The third-order valence-electron chi connectivity index (χ3n) is 3.83. The molecular formula is C17H25ClN3O4-. The second-order valence-corrected chi connectivity index (χ2v) is 6.68. The van der Waals surface area contributed by atoms with E-state index in [1.165, 1.54) is 12.1 Å². The lowest BCUT2D eigenvalue weighted by Gasteiger charge is -2.30. The Morgan fingerprint density at radius 1 is 1.32 bits per heavy atom. The van der Waals surface area contributed by atoms with Gasteiger partial charge in [-0.1, -0.05) is 38.8 Å². The van der Waals surface area contributed by atoms with Gasteiger partial charge >= 0.3 is 5.97 Å². The lowest BCUT2D eigenvalue weighted by molar-refractivity contribution is -0.384. The molecule has 1 atom stereocenters. The molecule has 0 saturated heterocycles. The summed E-state index contributed by atoms with van der Waals surface area (Å²) in [7, 11) is 0. The predicted octanol–water partition coefficient (Wildman–Crippen LogP) is 4.20. The molecule has 1 rings (SSSR count). The van der Waals surface area contributed by atoms with E-state index in [-0.39, 0.29) is 5.69 Å². The fourth-order valence-electron chi connectivity index (χ4n) is 2.70. The molecule has 25 heavy (non-hydrogen) atoms. The number of aliphatic carboxylic acids is 1. The number of rotatable bonds is 12. The highest BCUT2D eigenvalue weighted by Gasteiger charge is 2.25. The first-order chi connectivity index (χ1) is 11.8. The Kier molecular flexibility index (Phi) is 9.41. The molecule has 0 heterocycles. The second kappa shape index (κ2) is 11.0. The molecule has 0 aromatic heterocycles. The van der Waals surface area contributed by atoms with E-state index in [0.717, 1.165) is 18.4 Å². The van der Waals surface area contributed by atoms with Gasteiger partial charge in [0.15, 0.2) is 0 Å². The van der Waals surface area contributed by atoms with Crippen LogP contribution in [0.1, 0.15) is 38.7 Å². The van der Waals surface area contributed by atoms with Gasteiger partial charge in [-0.2, -0.15) is 0 Å². The van der Waals surface area contributed by atoms with E-state index in [0.29, 0.717) is 32.0 Å². The number of nitro groups is 1. The number of non-ortho nitro benzene ring substituents is 1. The summed E-state index contributed by atoms with van der Waals surface area (Å²) in [4.78, 5) is 27.5. The van der Waals surface area contributed by atoms with Gasteiger partial charge in [-0.25, -0.2) is 0 Å². The van der Waals surface area contributed by atoms with Crippen molar-refractivity contribution >= 4 is 23.4 Å². The Labute approximate surface area is 153 Å². The number of benzene rings is 1. The number of nitrogens with zero attached hydrogens (tertiary/aromatic N) is 3. The first-order valence-electron chi connectivity index (χ1n) is 8.33. The SMILES string of the molecule is CC(C)CN(Cc1ccc([N+](=O)[O-])cc1)[C@H](CCCC[N-]Cl)C(=O)O. The Morgan fingerprint density at radius 3 is 2.44 bits per heavy atom. The maximum Gasteiger partial charge on any atom is 0.320 e. The minimum absolute atomic E-state index is 0.0266. The third kappa shape index (κ3) is 7.81. The number of hydrogen-bond donors (Lipinski definition) is 1. The molecule has 0 bridgehead atoms. The quantitative estimate of drug-likeness (QED) is 0.337. The highest BCUT2D eigenvalue weighted by atomic mass is 35.5. The molecule has 140 valence electrons. The number of carboxylic acid groups (broad SMARTS) is 1. The van der Waals surface area contributed by atoms with Crippen LogP contribution >= 0.6 is 11.8 Å². The van der Waals surface area contributed by atoms with Gasteiger partial charge in [0.05, 0.1) is 4.92 Å². The molecule has 0 aliphatic carbocycles. The Hall–Kier alpha value is -1.70. The Bertz CT molecular complexity index is 551. The van der Waals surface area contributed by atoms with Gasteiger partial charge in [0, 0.05) is 25.2 Å². The zero-order valence-corrected chi connectivity index (χ0v) is 15.4. The van der Waals surface area contributed by atoms with E-state index >= 15 is 0 Å². The van der Waals surface area contributed by atoms with Gasteiger partial charge in [0.1, 0.15) is 6.04 Å². The van der Waals surface area contributed by atoms with Crippen molar-refractivity contribution in [2.75, 3.05) is 13.1 Å². The van der Waals surface area contributed by atoms with Crippen molar-refractivity contribution in [1.82, 2.24) is 4.90 Å². The molecular weight excluding hydrogens is 346 g/mol. The minimum Gasteiger partial charge on any atom is -0.575 e.